The quantitative estimate of drug-likeness (QED) is 0.674. The van der Waals surface area contributed by atoms with Crippen molar-refractivity contribution in [1.29, 1.82) is 0 Å². The lowest BCUT2D eigenvalue weighted by molar-refractivity contribution is 0.112. The molecule has 6 heteroatoms. The van der Waals surface area contributed by atoms with Gasteiger partial charge in [0.15, 0.2) is 6.29 Å². The lowest BCUT2D eigenvalue weighted by Gasteiger charge is -2.25. The van der Waals surface area contributed by atoms with Crippen molar-refractivity contribution >= 4 is 23.3 Å². The summed E-state index contributed by atoms with van der Waals surface area (Å²) in [4.78, 5) is 16.5. The Kier molecular flexibility index (Phi) is 3.95. The number of fused-ring (bicyclic) bond motifs is 1. The van der Waals surface area contributed by atoms with Crippen LogP contribution in [-0.4, -0.2) is 22.9 Å². The lowest BCUT2D eigenvalue weighted by atomic mass is 9.79. The first-order valence-corrected chi connectivity index (χ1v) is 9.40. The molecule has 0 saturated carbocycles. The van der Waals surface area contributed by atoms with Crippen molar-refractivity contribution in [1.82, 2.24) is 9.55 Å². The molecule has 0 bridgehead atoms. The van der Waals surface area contributed by atoms with Crippen molar-refractivity contribution in [2.75, 3.05) is 12.4 Å². The topological polar surface area (TPSA) is 46.9 Å². The molecule has 0 saturated heterocycles. The molecular weight excluding hydrogens is 349 g/mol. The summed E-state index contributed by atoms with van der Waals surface area (Å²) in [6.45, 7) is 5.16. The van der Waals surface area contributed by atoms with Crippen LogP contribution in [0.25, 0.3) is 11.3 Å². The van der Waals surface area contributed by atoms with E-state index in [4.69, 9.17) is 0 Å². The van der Waals surface area contributed by atoms with E-state index in [0.29, 0.717) is 11.1 Å². The normalized spacial score (nSPS) is 17.9. The maximum atomic E-state index is 13.9. The number of nitrogens with zero attached hydrogens (tertiary/aromatic N) is 2. The Morgan fingerprint density at radius 2 is 2.23 bits per heavy atom. The van der Waals surface area contributed by atoms with Gasteiger partial charge >= 0.3 is 0 Å². The van der Waals surface area contributed by atoms with E-state index in [0.717, 1.165) is 34.9 Å². The van der Waals surface area contributed by atoms with Gasteiger partial charge in [0, 0.05) is 30.7 Å². The van der Waals surface area contributed by atoms with Crippen molar-refractivity contribution in [3.05, 3.63) is 57.9 Å². The first-order valence-electron chi connectivity index (χ1n) is 8.52. The van der Waals surface area contributed by atoms with Crippen LogP contribution in [0.3, 0.4) is 0 Å². The Labute approximate surface area is 155 Å². The third-order valence-electron chi connectivity index (χ3n) is 5.13. The van der Waals surface area contributed by atoms with Crippen LogP contribution in [-0.2, 0) is 6.54 Å². The van der Waals surface area contributed by atoms with Crippen molar-refractivity contribution < 1.29 is 9.18 Å². The summed E-state index contributed by atoms with van der Waals surface area (Å²) in [5.41, 5.74) is 3.85. The first-order chi connectivity index (χ1) is 12.5. The van der Waals surface area contributed by atoms with Gasteiger partial charge in [-0.15, -0.1) is 11.3 Å². The number of aromatic nitrogens is 2. The number of anilines is 1. The second kappa shape index (κ2) is 6.06. The molecule has 0 aliphatic carbocycles. The summed E-state index contributed by atoms with van der Waals surface area (Å²) >= 11 is 1.63. The van der Waals surface area contributed by atoms with Crippen molar-refractivity contribution in [3.63, 3.8) is 0 Å². The summed E-state index contributed by atoms with van der Waals surface area (Å²) in [6.07, 6.45) is 2.68. The van der Waals surface area contributed by atoms with Crippen LogP contribution in [0.2, 0.25) is 0 Å². The van der Waals surface area contributed by atoms with Crippen LogP contribution in [0.5, 0.6) is 0 Å². The largest absolute Gasteiger partial charge is 0.386 e. The third-order valence-corrected chi connectivity index (χ3v) is 5.97. The monoisotopic (exact) mass is 369 g/mol. The molecule has 4 rings (SSSR count). The summed E-state index contributed by atoms with van der Waals surface area (Å²) in [7, 11) is 1.82. The van der Waals surface area contributed by atoms with Crippen LogP contribution >= 0.6 is 11.3 Å². The van der Waals surface area contributed by atoms with Gasteiger partial charge in [0.1, 0.15) is 10.8 Å². The standard InChI is InChI=1S/C20H20FN3OS/c1-20(2)11-24-17(12-5-4-6-13(21)9-12)14(10-25)16(22-3)18(24)15(20)19-23-7-8-26-19/h4-10,15,22H,11H2,1-3H3. The second-order valence-corrected chi connectivity index (χ2v) is 8.20. The summed E-state index contributed by atoms with van der Waals surface area (Å²) in [5.74, 6) is -0.236. The maximum Gasteiger partial charge on any atom is 0.154 e. The fourth-order valence-corrected chi connectivity index (χ4v) is 5.09. The van der Waals surface area contributed by atoms with Gasteiger partial charge in [-0.25, -0.2) is 9.37 Å². The van der Waals surface area contributed by atoms with E-state index in [1.165, 1.54) is 12.1 Å². The highest BCUT2D eigenvalue weighted by atomic mass is 32.1. The van der Waals surface area contributed by atoms with Crippen LogP contribution in [0.15, 0.2) is 35.8 Å². The zero-order valence-corrected chi connectivity index (χ0v) is 15.7. The van der Waals surface area contributed by atoms with E-state index in [2.05, 4.69) is 28.7 Å². The molecule has 0 fully saturated rings. The van der Waals surface area contributed by atoms with E-state index in [-0.39, 0.29) is 17.2 Å². The van der Waals surface area contributed by atoms with Gasteiger partial charge in [0.2, 0.25) is 0 Å². The highest BCUT2D eigenvalue weighted by Gasteiger charge is 2.46. The van der Waals surface area contributed by atoms with Crippen LogP contribution in [0, 0.1) is 11.2 Å². The predicted molar refractivity (Wildman–Crippen MR) is 102 cm³/mol. The Hall–Kier alpha value is -2.47. The molecule has 3 aromatic rings. The number of benzene rings is 1. The highest BCUT2D eigenvalue weighted by Crippen LogP contribution is 2.54. The molecule has 3 heterocycles. The number of nitrogens with one attached hydrogen (secondary N) is 1. The highest BCUT2D eigenvalue weighted by molar-refractivity contribution is 7.09. The zero-order chi connectivity index (χ0) is 18.5. The summed E-state index contributed by atoms with van der Waals surface area (Å²) < 4.78 is 16.0. The molecule has 1 aliphatic rings. The minimum absolute atomic E-state index is 0.0672. The number of carbonyl (C=O) groups is 1. The van der Waals surface area contributed by atoms with E-state index < -0.39 is 0 Å². The third kappa shape index (κ3) is 2.40. The number of thiazole rings is 1. The fraction of sp³-hybridized carbons (Fsp3) is 0.300. The van der Waals surface area contributed by atoms with Crippen LogP contribution in [0.4, 0.5) is 10.1 Å². The molecule has 1 N–H and O–H groups in total. The SMILES string of the molecule is CNc1c(C=O)c(-c2cccc(F)c2)n2c1C(c1nccs1)C(C)(C)C2. The van der Waals surface area contributed by atoms with E-state index in [1.54, 1.807) is 17.4 Å². The zero-order valence-electron chi connectivity index (χ0n) is 14.9. The minimum Gasteiger partial charge on any atom is -0.386 e. The van der Waals surface area contributed by atoms with Gasteiger partial charge < -0.3 is 9.88 Å². The van der Waals surface area contributed by atoms with Gasteiger partial charge in [-0.2, -0.15) is 0 Å². The maximum absolute atomic E-state index is 13.9. The predicted octanol–water partition coefficient (Wildman–Crippen LogP) is 4.78. The van der Waals surface area contributed by atoms with Crippen LogP contribution in [0.1, 0.15) is 40.8 Å². The molecule has 1 aliphatic heterocycles. The summed E-state index contributed by atoms with van der Waals surface area (Å²) in [5, 5.41) is 6.22. The molecule has 2 aromatic heterocycles. The molecular formula is C20H20FN3OS. The number of halogens is 1. The lowest BCUT2D eigenvalue weighted by Crippen LogP contribution is -2.20. The number of hydrogen-bond donors (Lipinski definition) is 1. The van der Waals surface area contributed by atoms with Gasteiger partial charge in [-0.3, -0.25) is 4.79 Å². The average Bonchev–Trinajstić information content (AvgIpc) is 3.27. The van der Waals surface area contributed by atoms with Gasteiger partial charge in [0.25, 0.3) is 0 Å². The molecule has 1 unspecified atom stereocenters. The smallest absolute Gasteiger partial charge is 0.154 e. The van der Waals surface area contributed by atoms with E-state index in [1.807, 2.05) is 24.7 Å². The molecule has 26 heavy (non-hydrogen) atoms. The van der Waals surface area contributed by atoms with Crippen molar-refractivity contribution in [2.24, 2.45) is 5.41 Å². The van der Waals surface area contributed by atoms with Gasteiger partial charge in [0.05, 0.1) is 28.6 Å². The average molecular weight is 369 g/mol. The Morgan fingerprint density at radius 3 is 2.85 bits per heavy atom. The second-order valence-electron chi connectivity index (χ2n) is 7.28. The number of hydrogen-bond acceptors (Lipinski definition) is 4. The Balaban J connectivity index is 2.03. The number of aldehydes is 1. The summed E-state index contributed by atoms with van der Waals surface area (Å²) in [6, 6.07) is 6.43. The molecule has 4 nitrogen and oxygen atoms in total. The first kappa shape index (κ1) is 17.0. The van der Waals surface area contributed by atoms with Gasteiger partial charge in [-0.05, 0) is 17.5 Å². The Bertz CT molecular complexity index is 975. The van der Waals surface area contributed by atoms with Crippen molar-refractivity contribution in [2.45, 2.75) is 26.3 Å². The molecule has 1 atom stereocenters. The Morgan fingerprint density at radius 1 is 1.42 bits per heavy atom. The van der Waals surface area contributed by atoms with E-state index in [9.17, 15) is 9.18 Å². The fourth-order valence-electron chi connectivity index (χ4n) is 4.14. The van der Waals surface area contributed by atoms with Gasteiger partial charge in [-0.1, -0.05) is 26.0 Å². The molecule has 134 valence electrons. The van der Waals surface area contributed by atoms with Crippen LogP contribution < -0.4 is 5.32 Å². The van der Waals surface area contributed by atoms with E-state index >= 15 is 0 Å². The number of rotatable bonds is 4. The molecule has 1 aromatic carbocycles. The number of carbonyl (C=O) groups excluding carboxylic acids is 1. The molecule has 0 spiro atoms. The molecule has 0 radical (unpaired) electrons. The van der Waals surface area contributed by atoms with Crippen molar-refractivity contribution in [3.8, 4) is 11.3 Å². The minimum atomic E-state index is -0.311. The molecule has 0 amide bonds.